The van der Waals surface area contributed by atoms with Crippen LogP contribution in [0, 0.1) is 11.6 Å². The monoisotopic (exact) mass is 140 g/mol. The van der Waals surface area contributed by atoms with E-state index in [0.29, 0.717) is 11.9 Å². The van der Waals surface area contributed by atoms with Crippen molar-refractivity contribution >= 4 is 7.85 Å². The van der Waals surface area contributed by atoms with Gasteiger partial charge in [0.15, 0.2) is 0 Å². The lowest BCUT2D eigenvalue weighted by Crippen LogP contribution is -1.87. The molecule has 0 aromatic heterocycles. The van der Waals surface area contributed by atoms with Crippen LogP contribution in [0.1, 0.15) is 5.56 Å². The van der Waals surface area contributed by atoms with Gasteiger partial charge in [-0.3, -0.25) is 0 Å². The lowest BCUT2D eigenvalue weighted by atomic mass is 9.97. The Bertz CT molecular complexity index is 215. The topological polar surface area (TPSA) is 0 Å². The largest absolute Gasteiger partial charge is 0.207 e. The molecule has 1 aromatic rings. The molecule has 10 heavy (non-hydrogen) atoms. The van der Waals surface area contributed by atoms with Gasteiger partial charge < -0.3 is 0 Å². The van der Waals surface area contributed by atoms with Gasteiger partial charge in [-0.15, -0.1) is 0 Å². The molecule has 0 aliphatic carbocycles. The van der Waals surface area contributed by atoms with Crippen molar-refractivity contribution in [1.82, 2.24) is 0 Å². The van der Waals surface area contributed by atoms with Crippen LogP contribution in [-0.4, -0.2) is 7.85 Å². The van der Waals surface area contributed by atoms with Gasteiger partial charge in [0.1, 0.15) is 19.5 Å². The highest BCUT2D eigenvalue weighted by molar-refractivity contribution is 6.08. The average molecular weight is 140 g/mol. The molecule has 0 N–H and O–H groups in total. The second kappa shape index (κ2) is 2.82. The first-order chi connectivity index (χ1) is 4.72. The number of halogens is 2. The number of hydrogen-bond acceptors (Lipinski definition) is 0. The van der Waals surface area contributed by atoms with Crippen molar-refractivity contribution in [2.24, 2.45) is 0 Å². The highest BCUT2D eigenvalue weighted by atomic mass is 19.1. The van der Waals surface area contributed by atoms with Crippen LogP contribution < -0.4 is 0 Å². The summed E-state index contributed by atoms with van der Waals surface area (Å²) in [6.45, 7) is 0. The fraction of sp³-hybridized carbons (Fsp3) is 0.143. The Kier molecular flexibility index (Phi) is 2.04. The summed E-state index contributed by atoms with van der Waals surface area (Å²) in [6.07, 6.45) is 0.661. The summed E-state index contributed by atoms with van der Waals surface area (Å²) >= 11 is 0. The average Bonchev–Trinajstić information content (AvgIpc) is 1.85. The molecule has 3 heteroatoms. The fourth-order valence-electron chi connectivity index (χ4n) is 0.815. The Balaban J connectivity index is 3.06. The molecule has 0 saturated heterocycles. The fourth-order valence-corrected chi connectivity index (χ4v) is 0.815. The van der Waals surface area contributed by atoms with E-state index in [2.05, 4.69) is 0 Å². The first-order valence-electron chi connectivity index (χ1n) is 3.17. The smallest absolute Gasteiger partial charge is 0.126 e. The Morgan fingerprint density at radius 3 is 2.00 bits per heavy atom. The van der Waals surface area contributed by atoms with Gasteiger partial charge in [0, 0.05) is 6.07 Å². The van der Waals surface area contributed by atoms with Crippen molar-refractivity contribution in [2.75, 3.05) is 0 Å². The summed E-state index contributed by atoms with van der Waals surface area (Å²) in [6, 6.07) is 3.55. The lowest BCUT2D eigenvalue weighted by Gasteiger charge is -1.95. The van der Waals surface area contributed by atoms with Crippen LogP contribution in [0.3, 0.4) is 0 Å². The summed E-state index contributed by atoms with van der Waals surface area (Å²) in [5.41, 5.74) is 0.692. The molecular weight excluding hydrogens is 133 g/mol. The van der Waals surface area contributed by atoms with E-state index in [4.69, 9.17) is 0 Å². The van der Waals surface area contributed by atoms with Gasteiger partial charge in [-0.1, -0.05) is 11.9 Å². The van der Waals surface area contributed by atoms with Crippen molar-refractivity contribution in [1.29, 1.82) is 0 Å². The quantitative estimate of drug-likeness (QED) is 0.512. The molecule has 0 unspecified atom stereocenters. The summed E-state index contributed by atoms with van der Waals surface area (Å²) in [5, 5.41) is 0. The van der Waals surface area contributed by atoms with Crippen molar-refractivity contribution in [2.45, 2.75) is 6.32 Å². The van der Waals surface area contributed by atoms with E-state index in [1.54, 1.807) is 0 Å². The van der Waals surface area contributed by atoms with Gasteiger partial charge in [-0.25, -0.2) is 8.78 Å². The highest BCUT2D eigenvalue weighted by Gasteiger charge is 1.96. The minimum atomic E-state index is -0.503. The molecule has 0 heterocycles. The SMILES string of the molecule is BCc1cc(F)cc(F)c1. The van der Waals surface area contributed by atoms with E-state index >= 15 is 0 Å². The second-order valence-electron chi connectivity index (χ2n) is 2.13. The van der Waals surface area contributed by atoms with E-state index in [1.165, 1.54) is 12.1 Å². The van der Waals surface area contributed by atoms with Crippen LogP contribution in [0.25, 0.3) is 0 Å². The molecule has 0 atom stereocenters. The molecule has 0 spiro atoms. The third-order valence-electron chi connectivity index (χ3n) is 1.33. The van der Waals surface area contributed by atoms with E-state index in [1.807, 2.05) is 7.85 Å². The Morgan fingerprint density at radius 1 is 1.10 bits per heavy atom. The van der Waals surface area contributed by atoms with E-state index in [-0.39, 0.29) is 0 Å². The van der Waals surface area contributed by atoms with Gasteiger partial charge in [-0.2, -0.15) is 0 Å². The molecule has 0 nitrogen and oxygen atoms in total. The molecule has 1 aromatic carbocycles. The molecule has 1 rings (SSSR count). The summed E-state index contributed by atoms with van der Waals surface area (Å²) < 4.78 is 24.8. The van der Waals surface area contributed by atoms with Gasteiger partial charge in [0.25, 0.3) is 0 Å². The van der Waals surface area contributed by atoms with Crippen molar-refractivity contribution in [3.63, 3.8) is 0 Å². The maximum Gasteiger partial charge on any atom is 0.126 e. The molecule has 0 saturated carbocycles. The molecule has 0 fully saturated rings. The summed E-state index contributed by atoms with van der Waals surface area (Å²) in [5.74, 6) is -1.01. The maximum absolute atomic E-state index is 12.4. The molecule has 0 radical (unpaired) electrons. The van der Waals surface area contributed by atoms with Crippen LogP contribution in [-0.2, 0) is 6.32 Å². The van der Waals surface area contributed by atoms with Crippen LogP contribution >= 0.6 is 0 Å². The van der Waals surface area contributed by atoms with E-state index < -0.39 is 11.6 Å². The Labute approximate surface area is 59.3 Å². The van der Waals surface area contributed by atoms with E-state index in [0.717, 1.165) is 6.07 Å². The van der Waals surface area contributed by atoms with Gasteiger partial charge >= 0.3 is 0 Å². The molecular formula is C7H7BF2. The zero-order valence-electron chi connectivity index (χ0n) is 5.70. The van der Waals surface area contributed by atoms with Crippen LogP contribution in [0.2, 0.25) is 0 Å². The van der Waals surface area contributed by atoms with Crippen LogP contribution in [0.5, 0.6) is 0 Å². The zero-order chi connectivity index (χ0) is 7.56. The minimum absolute atomic E-state index is 0.503. The van der Waals surface area contributed by atoms with Gasteiger partial charge in [0.2, 0.25) is 0 Å². The highest BCUT2D eigenvalue weighted by Crippen LogP contribution is 2.06. The maximum atomic E-state index is 12.4. The van der Waals surface area contributed by atoms with E-state index in [9.17, 15) is 8.78 Å². The Hall–Kier alpha value is -0.855. The van der Waals surface area contributed by atoms with Crippen molar-refractivity contribution in [3.05, 3.63) is 35.4 Å². The normalized spacial score (nSPS) is 9.80. The summed E-state index contributed by atoms with van der Waals surface area (Å²) in [7, 11) is 1.86. The predicted octanol–water partition coefficient (Wildman–Crippen LogP) is 1.10. The van der Waals surface area contributed by atoms with Gasteiger partial charge in [0.05, 0.1) is 0 Å². The predicted molar refractivity (Wildman–Crippen MR) is 38.6 cm³/mol. The number of rotatable bonds is 1. The first kappa shape index (κ1) is 7.25. The first-order valence-corrected chi connectivity index (χ1v) is 3.17. The lowest BCUT2D eigenvalue weighted by molar-refractivity contribution is 0.581. The molecule has 0 amide bonds. The van der Waals surface area contributed by atoms with Crippen molar-refractivity contribution < 1.29 is 8.78 Å². The van der Waals surface area contributed by atoms with Gasteiger partial charge in [-0.05, 0) is 12.1 Å². The third-order valence-corrected chi connectivity index (χ3v) is 1.33. The van der Waals surface area contributed by atoms with Crippen LogP contribution in [0.15, 0.2) is 18.2 Å². The third kappa shape index (κ3) is 1.56. The molecule has 0 aliphatic rings. The molecule has 52 valence electrons. The second-order valence-corrected chi connectivity index (χ2v) is 2.13. The standard InChI is InChI=1S/C7H7BF2/c8-4-5-1-6(9)3-7(10)2-5/h1-3H,4,8H2. The summed E-state index contributed by atoms with van der Waals surface area (Å²) in [4.78, 5) is 0. The molecule has 0 aliphatic heterocycles. The van der Waals surface area contributed by atoms with Crippen molar-refractivity contribution in [3.8, 4) is 0 Å². The number of hydrogen-bond donors (Lipinski definition) is 0. The zero-order valence-corrected chi connectivity index (χ0v) is 5.70. The molecule has 0 bridgehead atoms. The number of benzene rings is 1. The minimum Gasteiger partial charge on any atom is -0.207 e. The Morgan fingerprint density at radius 2 is 1.60 bits per heavy atom. The van der Waals surface area contributed by atoms with Crippen LogP contribution in [0.4, 0.5) is 8.78 Å².